The van der Waals surface area contributed by atoms with Gasteiger partial charge in [0.1, 0.15) is 12.7 Å². The molecule has 0 amide bonds. The second kappa shape index (κ2) is 58.5. The maximum atomic E-state index is 12.9. The molecule has 2 N–H and O–H groups in total. The molecule has 0 spiro atoms. The van der Waals surface area contributed by atoms with E-state index < -0.39 is 57.8 Å². The van der Waals surface area contributed by atoms with E-state index in [-0.39, 0.29) is 25.9 Å². The Hall–Kier alpha value is -4.64. The van der Waals surface area contributed by atoms with Crippen molar-refractivity contribution in [3.8, 4) is 0 Å². The molecule has 3 atom stereocenters. The largest absolute Gasteiger partial charge is 0.472 e. The van der Waals surface area contributed by atoms with Gasteiger partial charge in [-0.05, 0) is 135 Å². The van der Waals surface area contributed by atoms with Crippen molar-refractivity contribution in [3.05, 3.63) is 146 Å². The molecule has 0 saturated heterocycles. The summed E-state index contributed by atoms with van der Waals surface area (Å²) in [6.07, 6.45) is 75.2. The number of unbranched alkanes of at least 4 members (excludes halogenated alkanes) is 12. The monoisotopic (exact) mass is 1100 g/mol. The molecule has 440 valence electrons. The Labute approximate surface area is 473 Å². The van der Waals surface area contributed by atoms with Gasteiger partial charge < -0.3 is 24.2 Å². The fraction of sp³-hybridized carbons (Fsp3) is 0.591. The molecule has 0 aliphatic carbocycles. The first-order chi connectivity index (χ1) is 38.2. The fourth-order valence-electron chi connectivity index (χ4n) is 7.27. The summed E-state index contributed by atoms with van der Waals surface area (Å²) in [5.74, 6) is -1.61. The molecule has 0 rings (SSSR count). The highest BCUT2D eigenvalue weighted by Crippen LogP contribution is 2.43. The summed E-state index contributed by atoms with van der Waals surface area (Å²) < 4.78 is 39.5. The lowest BCUT2D eigenvalue weighted by atomic mass is 10.1. The predicted molar refractivity (Wildman–Crippen MR) is 325 cm³/mol. The van der Waals surface area contributed by atoms with Crippen molar-refractivity contribution in [1.29, 1.82) is 0 Å². The van der Waals surface area contributed by atoms with Crippen LogP contribution in [-0.4, -0.2) is 66.5 Å². The average Bonchev–Trinajstić information content (AvgIpc) is 3.43. The van der Waals surface area contributed by atoms with Gasteiger partial charge in [-0.25, -0.2) is 4.57 Å². The van der Waals surface area contributed by atoms with Crippen LogP contribution in [0.25, 0.3) is 0 Å². The average molecular weight is 1110 g/mol. The van der Waals surface area contributed by atoms with Crippen LogP contribution >= 0.6 is 7.82 Å². The zero-order valence-electron chi connectivity index (χ0n) is 48.6. The van der Waals surface area contributed by atoms with Gasteiger partial charge in [-0.2, -0.15) is 0 Å². The highest BCUT2D eigenvalue weighted by molar-refractivity contribution is 7.47. The van der Waals surface area contributed by atoms with Crippen LogP contribution in [0.4, 0.5) is 0 Å². The number of aliphatic hydroxyl groups excluding tert-OH is 1. The zero-order chi connectivity index (χ0) is 56.9. The second-order valence-corrected chi connectivity index (χ2v) is 20.5. The molecule has 0 aromatic carbocycles. The van der Waals surface area contributed by atoms with Crippen LogP contribution in [-0.2, 0) is 42.2 Å². The first-order valence-electron chi connectivity index (χ1n) is 29.7. The topological polar surface area (TPSA) is 155 Å². The third-order valence-corrected chi connectivity index (χ3v) is 12.7. The summed E-state index contributed by atoms with van der Waals surface area (Å²) in [5, 5.41) is 9.82. The molecular formula is C66H105O11P. The van der Waals surface area contributed by atoms with E-state index in [1.165, 1.54) is 25.7 Å². The maximum absolute atomic E-state index is 12.9. The van der Waals surface area contributed by atoms with Crippen LogP contribution in [0.1, 0.15) is 213 Å². The predicted octanol–water partition coefficient (Wildman–Crippen LogP) is 17.9. The second-order valence-electron chi connectivity index (χ2n) is 19.0. The lowest BCUT2D eigenvalue weighted by Gasteiger charge is -2.21. The molecule has 0 saturated carbocycles. The van der Waals surface area contributed by atoms with E-state index >= 15 is 0 Å². The first kappa shape index (κ1) is 73.4. The maximum Gasteiger partial charge on any atom is 0.472 e. The lowest BCUT2D eigenvalue weighted by Crippen LogP contribution is -2.30. The highest BCUT2D eigenvalue weighted by Gasteiger charge is 2.28. The number of rotatable bonds is 53. The van der Waals surface area contributed by atoms with Gasteiger partial charge in [0.05, 0.1) is 19.8 Å². The Morgan fingerprint density at radius 3 is 1.09 bits per heavy atom. The molecule has 0 aliphatic heterocycles. The van der Waals surface area contributed by atoms with E-state index in [9.17, 15) is 28.9 Å². The van der Waals surface area contributed by atoms with E-state index in [0.29, 0.717) is 25.7 Å². The number of ether oxygens (including phenoxy) is 3. The highest BCUT2D eigenvalue weighted by atomic mass is 31.2. The standard InChI is InChI=1S/C66H105O11P/c1-4-7-10-13-16-19-22-25-28-30-31-33-36-39-42-45-48-51-54-57-66(70)77-63(59-73-64(68)55-52-49-46-43-40-37-35-32-29-26-23-20-17-14-11-8-5-2)61-75-78(71,72)74-60-62(58-67)76-65(69)56-53-50-47-44-41-38-34-27-24-21-18-15-12-9-6-3/h8-9,11-12,16-21,25-29,31,33-35,37,41,43-44,46,62-63,67H,4-7,10,13-15,22-24,30,32,36,38-40,42,45,47-61H2,1-3H3,(H,71,72)/b11-8-,12-9-,19-16-,20-17-,21-18-,28-25-,29-26-,33-31-,34-27-,37-35-,44-41-,46-43-. The summed E-state index contributed by atoms with van der Waals surface area (Å²) in [4.78, 5) is 48.6. The van der Waals surface area contributed by atoms with Crippen LogP contribution < -0.4 is 0 Å². The molecule has 0 aromatic rings. The molecule has 0 fully saturated rings. The fourth-order valence-corrected chi connectivity index (χ4v) is 8.05. The summed E-state index contributed by atoms with van der Waals surface area (Å²) in [6.45, 7) is 4.24. The van der Waals surface area contributed by atoms with E-state index in [1.807, 2.05) is 6.08 Å². The van der Waals surface area contributed by atoms with Crippen molar-refractivity contribution in [2.75, 3.05) is 26.4 Å². The summed E-state index contributed by atoms with van der Waals surface area (Å²) >= 11 is 0. The SMILES string of the molecule is CC/C=C\C/C=C\C/C=C\C/C=C\C/C=C\CCCC(=O)OCC(COP(=O)(O)OCC(CO)OC(=O)CCCC/C=C\C/C=C\C/C=C\C/C=C\CC)OC(=O)CCCCCCCC/C=C\C/C=C\C/C=C\CCCCC. The number of hydrogen-bond donors (Lipinski definition) is 2. The van der Waals surface area contributed by atoms with Gasteiger partial charge in [-0.15, -0.1) is 0 Å². The number of phosphoric ester groups is 1. The van der Waals surface area contributed by atoms with Crippen molar-refractivity contribution >= 4 is 25.7 Å². The summed E-state index contributed by atoms with van der Waals surface area (Å²) in [5.41, 5.74) is 0. The number of aliphatic hydroxyl groups is 1. The minimum absolute atomic E-state index is 0.112. The van der Waals surface area contributed by atoms with Crippen molar-refractivity contribution in [1.82, 2.24) is 0 Å². The van der Waals surface area contributed by atoms with Crippen LogP contribution in [0.3, 0.4) is 0 Å². The van der Waals surface area contributed by atoms with Crippen LogP contribution in [0.2, 0.25) is 0 Å². The van der Waals surface area contributed by atoms with E-state index in [0.717, 1.165) is 122 Å². The Morgan fingerprint density at radius 2 is 0.679 bits per heavy atom. The van der Waals surface area contributed by atoms with Crippen LogP contribution in [0.15, 0.2) is 146 Å². The van der Waals surface area contributed by atoms with Crippen molar-refractivity contribution in [3.63, 3.8) is 0 Å². The molecule has 0 bridgehead atoms. The van der Waals surface area contributed by atoms with Gasteiger partial charge in [0.25, 0.3) is 0 Å². The number of carbonyl (C=O) groups is 3. The minimum Gasteiger partial charge on any atom is -0.462 e. The van der Waals surface area contributed by atoms with Gasteiger partial charge >= 0.3 is 25.7 Å². The first-order valence-corrected chi connectivity index (χ1v) is 31.2. The lowest BCUT2D eigenvalue weighted by molar-refractivity contribution is -0.161. The summed E-state index contributed by atoms with van der Waals surface area (Å²) in [7, 11) is -4.79. The van der Waals surface area contributed by atoms with Gasteiger partial charge in [0.2, 0.25) is 0 Å². The Kier molecular flexibility index (Phi) is 55.0. The Bertz CT molecular complexity index is 1860. The molecular weight excluding hydrogens is 1000 g/mol. The minimum atomic E-state index is -4.79. The smallest absolute Gasteiger partial charge is 0.462 e. The molecule has 11 nitrogen and oxygen atoms in total. The van der Waals surface area contributed by atoms with Crippen molar-refractivity contribution < 1.29 is 52.2 Å². The van der Waals surface area contributed by atoms with Gasteiger partial charge in [0.15, 0.2) is 6.10 Å². The third-order valence-electron chi connectivity index (χ3n) is 11.7. The van der Waals surface area contributed by atoms with Crippen molar-refractivity contribution in [2.24, 2.45) is 0 Å². The van der Waals surface area contributed by atoms with Gasteiger partial charge in [0, 0.05) is 19.3 Å². The number of carbonyl (C=O) groups excluding carboxylic acids is 3. The van der Waals surface area contributed by atoms with E-state index in [1.54, 1.807) is 0 Å². The van der Waals surface area contributed by atoms with E-state index in [4.69, 9.17) is 23.3 Å². The molecule has 12 heteroatoms. The molecule has 0 aromatic heterocycles. The number of phosphoric acid groups is 1. The molecule has 3 unspecified atom stereocenters. The number of esters is 3. The number of allylic oxidation sites excluding steroid dienone is 24. The molecule has 0 aliphatic rings. The molecule has 0 radical (unpaired) electrons. The molecule has 0 heterocycles. The Morgan fingerprint density at radius 1 is 0.372 bits per heavy atom. The van der Waals surface area contributed by atoms with E-state index in [2.05, 4.69) is 161 Å². The van der Waals surface area contributed by atoms with Crippen molar-refractivity contribution in [2.45, 2.75) is 226 Å². The quantitative estimate of drug-likeness (QED) is 0.0197. The number of hydrogen-bond acceptors (Lipinski definition) is 10. The summed E-state index contributed by atoms with van der Waals surface area (Å²) in [6, 6.07) is 0. The Balaban J connectivity index is 4.89. The third kappa shape index (κ3) is 56.1. The van der Waals surface area contributed by atoms with Gasteiger partial charge in [-0.3, -0.25) is 23.4 Å². The normalized spacial score (nSPS) is 14.4. The van der Waals surface area contributed by atoms with Gasteiger partial charge in [-0.1, -0.05) is 205 Å². The molecule has 78 heavy (non-hydrogen) atoms. The van der Waals surface area contributed by atoms with Crippen LogP contribution in [0, 0.1) is 0 Å². The van der Waals surface area contributed by atoms with Crippen LogP contribution in [0.5, 0.6) is 0 Å². The zero-order valence-corrected chi connectivity index (χ0v) is 49.5.